The molecular formula is C25H28N6O2. The van der Waals surface area contributed by atoms with Gasteiger partial charge in [0.25, 0.3) is 11.5 Å². The molecule has 3 aromatic rings. The van der Waals surface area contributed by atoms with E-state index in [1.165, 1.54) is 6.42 Å². The van der Waals surface area contributed by atoms with Gasteiger partial charge in [-0.2, -0.15) is 0 Å². The number of nitrogens with zero attached hydrogens (tertiary/aromatic N) is 4. The van der Waals surface area contributed by atoms with Crippen LogP contribution in [0.4, 0.5) is 5.69 Å². The van der Waals surface area contributed by atoms with Crippen LogP contribution in [0.3, 0.4) is 0 Å². The van der Waals surface area contributed by atoms with E-state index in [-0.39, 0.29) is 11.5 Å². The SMILES string of the molecule is CNC(=O)c1ccc(N2CCN(Cc3cnc4c5c(c(=O)[nH]c4c3)CCC5)[C@@H]3CC[C@H]32)cn1. The Labute approximate surface area is 192 Å². The van der Waals surface area contributed by atoms with Crippen LogP contribution in [0.1, 0.15) is 46.4 Å². The van der Waals surface area contributed by atoms with Crippen molar-refractivity contribution < 1.29 is 4.79 Å². The number of aromatic amines is 1. The molecule has 0 unspecified atom stereocenters. The molecule has 1 saturated heterocycles. The van der Waals surface area contributed by atoms with E-state index in [9.17, 15) is 9.59 Å². The van der Waals surface area contributed by atoms with Gasteiger partial charge < -0.3 is 15.2 Å². The molecule has 1 saturated carbocycles. The number of aryl methyl sites for hydroxylation is 1. The van der Waals surface area contributed by atoms with Gasteiger partial charge in [0.2, 0.25) is 0 Å². The van der Waals surface area contributed by atoms with Crippen LogP contribution in [0, 0.1) is 0 Å². The minimum absolute atomic E-state index is 0.0534. The number of hydrogen-bond donors (Lipinski definition) is 2. The standard InChI is InChI=1S/C25H28N6O2/c1-26-25(33)19-6-5-16(13-27-19)31-10-9-30(21-7-8-22(21)31)14-15-11-20-23(28-12-15)17-3-2-4-18(17)24(32)29-20/h5-6,11-13,21-22H,2-4,7-10,14H2,1H3,(H,26,33)(H,29,32)/t21-,22-/m1/s1. The Balaban J connectivity index is 1.19. The summed E-state index contributed by atoms with van der Waals surface area (Å²) in [7, 11) is 1.62. The monoisotopic (exact) mass is 444 g/mol. The van der Waals surface area contributed by atoms with Crippen LogP contribution in [0.15, 0.2) is 35.4 Å². The first kappa shape index (κ1) is 20.4. The van der Waals surface area contributed by atoms with E-state index in [0.29, 0.717) is 17.8 Å². The predicted octanol–water partition coefficient (Wildman–Crippen LogP) is 2.02. The summed E-state index contributed by atoms with van der Waals surface area (Å²) < 4.78 is 0. The predicted molar refractivity (Wildman–Crippen MR) is 127 cm³/mol. The molecule has 4 heterocycles. The lowest BCUT2D eigenvalue weighted by Gasteiger charge is -2.54. The first-order valence-electron chi connectivity index (χ1n) is 11.8. The number of H-pyrrole nitrogens is 1. The highest BCUT2D eigenvalue weighted by Crippen LogP contribution is 2.37. The average molecular weight is 445 g/mol. The number of amides is 1. The lowest BCUT2D eigenvalue weighted by molar-refractivity contribution is 0.0658. The van der Waals surface area contributed by atoms with Gasteiger partial charge in [0.15, 0.2) is 0 Å². The van der Waals surface area contributed by atoms with Crippen LogP contribution in [0.5, 0.6) is 0 Å². The molecule has 8 nitrogen and oxygen atoms in total. The zero-order valence-electron chi connectivity index (χ0n) is 18.8. The van der Waals surface area contributed by atoms with E-state index in [4.69, 9.17) is 4.98 Å². The van der Waals surface area contributed by atoms with E-state index in [1.807, 2.05) is 18.5 Å². The molecule has 0 aromatic carbocycles. The Bertz CT molecular complexity index is 1280. The highest BCUT2D eigenvalue weighted by Gasteiger charge is 2.43. The van der Waals surface area contributed by atoms with Crippen molar-refractivity contribution in [3.8, 4) is 0 Å². The lowest BCUT2D eigenvalue weighted by atomic mass is 9.81. The molecule has 3 aromatic heterocycles. The number of nitrogens with one attached hydrogen (secondary N) is 2. The molecule has 6 rings (SSSR count). The number of anilines is 1. The molecule has 8 heteroatoms. The maximum Gasteiger partial charge on any atom is 0.269 e. The second kappa shape index (κ2) is 7.95. The molecule has 3 aliphatic rings. The number of pyridine rings is 3. The smallest absolute Gasteiger partial charge is 0.269 e. The third-order valence-electron chi connectivity index (χ3n) is 7.59. The Morgan fingerprint density at radius 2 is 1.97 bits per heavy atom. The van der Waals surface area contributed by atoms with Crippen LogP contribution in [0.25, 0.3) is 11.0 Å². The molecule has 2 atom stereocenters. The second-order valence-corrected chi connectivity index (χ2v) is 9.36. The maximum absolute atomic E-state index is 12.5. The maximum atomic E-state index is 12.5. The van der Waals surface area contributed by atoms with Gasteiger partial charge >= 0.3 is 0 Å². The Morgan fingerprint density at radius 1 is 1.12 bits per heavy atom. The largest absolute Gasteiger partial charge is 0.364 e. The Hall–Kier alpha value is -3.26. The van der Waals surface area contributed by atoms with Crippen molar-refractivity contribution in [1.29, 1.82) is 0 Å². The summed E-state index contributed by atoms with van der Waals surface area (Å²) in [5.74, 6) is -0.164. The van der Waals surface area contributed by atoms with Crippen molar-refractivity contribution in [3.63, 3.8) is 0 Å². The minimum Gasteiger partial charge on any atom is -0.364 e. The molecule has 1 amide bonds. The zero-order chi connectivity index (χ0) is 22.5. The molecule has 1 aliphatic heterocycles. The van der Waals surface area contributed by atoms with Gasteiger partial charge in [0.05, 0.1) is 22.9 Å². The Kier molecular flexibility index (Phi) is 4.90. The van der Waals surface area contributed by atoms with Crippen molar-refractivity contribution >= 4 is 22.6 Å². The number of aromatic nitrogens is 3. The lowest BCUT2D eigenvalue weighted by Crippen LogP contribution is -2.64. The highest BCUT2D eigenvalue weighted by atomic mass is 16.1. The van der Waals surface area contributed by atoms with Crippen molar-refractivity contribution in [2.75, 3.05) is 25.0 Å². The summed E-state index contributed by atoms with van der Waals surface area (Å²) in [6.07, 6.45) is 9.00. The van der Waals surface area contributed by atoms with Gasteiger partial charge in [-0.15, -0.1) is 0 Å². The normalized spacial score (nSPS) is 22.0. The third kappa shape index (κ3) is 3.40. The van der Waals surface area contributed by atoms with Crippen LogP contribution in [-0.2, 0) is 19.4 Å². The topological polar surface area (TPSA) is 94.2 Å². The van der Waals surface area contributed by atoms with Crippen LogP contribution >= 0.6 is 0 Å². The molecule has 0 bridgehead atoms. The average Bonchev–Trinajstić information content (AvgIpc) is 3.30. The van der Waals surface area contributed by atoms with E-state index >= 15 is 0 Å². The van der Waals surface area contributed by atoms with Crippen LogP contribution < -0.4 is 15.8 Å². The summed E-state index contributed by atoms with van der Waals surface area (Å²) in [5, 5.41) is 2.62. The molecular weight excluding hydrogens is 416 g/mol. The van der Waals surface area contributed by atoms with Crippen molar-refractivity contribution in [2.24, 2.45) is 0 Å². The number of carbonyl (C=O) groups excluding carboxylic acids is 1. The first-order valence-corrected chi connectivity index (χ1v) is 11.8. The van der Waals surface area contributed by atoms with Gasteiger partial charge in [-0.25, -0.2) is 4.98 Å². The van der Waals surface area contributed by atoms with Gasteiger partial charge in [-0.05, 0) is 61.4 Å². The minimum atomic E-state index is -0.164. The fourth-order valence-corrected chi connectivity index (χ4v) is 5.78. The number of piperazine rings is 1. The van der Waals surface area contributed by atoms with Gasteiger partial charge in [-0.1, -0.05) is 0 Å². The molecule has 2 fully saturated rings. The van der Waals surface area contributed by atoms with E-state index < -0.39 is 0 Å². The summed E-state index contributed by atoms with van der Waals surface area (Å²) in [6.45, 7) is 2.72. The summed E-state index contributed by atoms with van der Waals surface area (Å²) in [6, 6.07) is 6.87. The molecule has 33 heavy (non-hydrogen) atoms. The fraction of sp³-hybridized carbons (Fsp3) is 0.440. The number of fused-ring (bicyclic) bond motifs is 4. The Morgan fingerprint density at radius 3 is 2.73 bits per heavy atom. The van der Waals surface area contributed by atoms with E-state index in [0.717, 1.165) is 78.7 Å². The molecule has 2 N–H and O–H groups in total. The number of carbonyl (C=O) groups is 1. The number of hydrogen-bond acceptors (Lipinski definition) is 6. The van der Waals surface area contributed by atoms with E-state index in [2.05, 4.69) is 31.2 Å². The highest BCUT2D eigenvalue weighted by molar-refractivity contribution is 5.92. The fourth-order valence-electron chi connectivity index (χ4n) is 5.78. The van der Waals surface area contributed by atoms with Crippen molar-refractivity contribution in [1.82, 2.24) is 25.2 Å². The number of rotatable bonds is 4. The molecule has 170 valence electrons. The zero-order valence-corrected chi connectivity index (χ0v) is 18.8. The third-order valence-corrected chi connectivity index (χ3v) is 7.59. The first-order chi connectivity index (χ1) is 16.1. The van der Waals surface area contributed by atoms with Crippen LogP contribution in [0.2, 0.25) is 0 Å². The van der Waals surface area contributed by atoms with E-state index in [1.54, 1.807) is 13.1 Å². The molecule has 0 radical (unpaired) electrons. The summed E-state index contributed by atoms with van der Waals surface area (Å²) in [5.41, 5.74) is 6.62. The summed E-state index contributed by atoms with van der Waals surface area (Å²) >= 11 is 0. The van der Waals surface area contributed by atoms with Crippen molar-refractivity contribution in [2.45, 2.75) is 50.7 Å². The molecule has 2 aliphatic carbocycles. The van der Waals surface area contributed by atoms with Gasteiger partial charge in [0, 0.05) is 50.5 Å². The van der Waals surface area contributed by atoms with Gasteiger partial charge in [0.1, 0.15) is 5.69 Å². The summed E-state index contributed by atoms with van der Waals surface area (Å²) in [4.78, 5) is 41.4. The van der Waals surface area contributed by atoms with Crippen LogP contribution in [-0.4, -0.2) is 58.0 Å². The second-order valence-electron chi connectivity index (χ2n) is 9.36. The quantitative estimate of drug-likeness (QED) is 0.640. The van der Waals surface area contributed by atoms with Crippen molar-refractivity contribution in [3.05, 3.63) is 63.3 Å². The molecule has 0 spiro atoms. The van der Waals surface area contributed by atoms with Gasteiger partial charge in [-0.3, -0.25) is 19.5 Å².